The van der Waals surface area contributed by atoms with Crippen LogP contribution in [0.1, 0.15) is 0 Å². The number of halogens is 2. The molecular formula is C10H9Cl2N3O4S2. The van der Waals surface area contributed by atoms with E-state index in [9.17, 15) is 16.8 Å². The van der Waals surface area contributed by atoms with Crippen LogP contribution in [0, 0.1) is 0 Å². The van der Waals surface area contributed by atoms with Crippen LogP contribution >= 0.6 is 22.3 Å². The van der Waals surface area contributed by atoms with Crippen LogP contribution in [0.3, 0.4) is 0 Å². The zero-order valence-electron chi connectivity index (χ0n) is 10.5. The first-order valence-electron chi connectivity index (χ1n) is 5.36. The van der Waals surface area contributed by atoms with Crippen LogP contribution < -0.4 is 4.72 Å². The van der Waals surface area contributed by atoms with Gasteiger partial charge in [0.2, 0.25) is 0 Å². The van der Waals surface area contributed by atoms with Crippen molar-refractivity contribution in [2.24, 2.45) is 7.05 Å². The second-order valence-electron chi connectivity index (χ2n) is 3.98. The van der Waals surface area contributed by atoms with Gasteiger partial charge in [0.05, 0.1) is 16.9 Å². The fourth-order valence-corrected chi connectivity index (χ4v) is 4.30. The summed E-state index contributed by atoms with van der Waals surface area (Å²) in [6.45, 7) is 0. The predicted octanol–water partition coefficient (Wildman–Crippen LogP) is 1.80. The minimum Gasteiger partial charge on any atom is -0.278 e. The molecule has 0 radical (unpaired) electrons. The summed E-state index contributed by atoms with van der Waals surface area (Å²) in [6, 6.07) is 4.84. The first-order chi connectivity index (χ1) is 9.61. The van der Waals surface area contributed by atoms with Crippen molar-refractivity contribution in [1.82, 2.24) is 9.78 Å². The summed E-state index contributed by atoms with van der Waals surface area (Å²) >= 11 is 5.78. The minimum absolute atomic E-state index is 0.0485. The van der Waals surface area contributed by atoms with Crippen LogP contribution in [0.15, 0.2) is 40.4 Å². The van der Waals surface area contributed by atoms with Crippen molar-refractivity contribution in [3.63, 3.8) is 0 Å². The van der Waals surface area contributed by atoms with Crippen molar-refractivity contribution < 1.29 is 16.8 Å². The summed E-state index contributed by atoms with van der Waals surface area (Å²) in [5.41, 5.74) is 0.102. The molecule has 2 rings (SSSR count). The average molecular weight is 370 g/mol. The molecule has 0 aliphatic carbocycles. The molecule has 1 aromatic heterocycles. The van der Waals surface area contributed by atoms with Crippen LogP contribution in [-0.2, 0) is 26.1 Å². The van der Waals surface area contributed by atoms with Crippen molar-refractivity contribution >= 4 is 47.0 Å². The lowest BCUT2D eigenvalue weighted by atomic mass is 10.3. The van der Waals surface area contributed by atoms with E-state index >= 15 is 0 Å². The molecule has 0 saturated carbocycles. The van der Waals surface area contributed by atoms with Gasteiger partial charge in [-0.1, -0.05) is 11.6 Å². The van der Waals surface area contributed by atoms with Gasteiger partial charge in [-0.15, -0.1) is 0 Å². The number of nitrogens with one attached hydrogen (secondary N) is 1. The normalized spacial score (nSPS) is 12.3. The fraction of sp³-hybridized carbons (Fsp3) is 0.100. The Morgan fingerprint density at radius 2 is 1.86 bits per heavy atom. The number of benzene rings is 1. The van der Waals surface area contributed by atoms with Crippen LogP contribution in [0.5, 0.6) is 0 Å². The smallest absolute Gasteiger partial charge is 0.278 e. The molecule has 1 N–H and O–H groups in total. The quantitative estimate of drug-likeness (QED) is 0.828. The van der Waals surface area contributed by atoms with Gasteiger partial charge in [-0.3, -0.25) is 9.40 Å². The largest absolute Gasteiger partial charge is 0.279 e. The van der Waals surface area contributed by atoms with E-state index in [-0.39, 0.29) is 20.6 Å². The summed E-state index contributed by atoms with van der Waals surface area (Å²) in [6.07, 6.45) is 1.34. The van der Waals surface area contributed by atoms with E-state index in [1.165, 1.54) is 30.1 Å². The number of rotatable bonds is 4. The molecule has 7 nitrogen and oxygen atoms in total. The van der Waals surface area contributed by atoms with Crippen molar-refractivity contribution in [3.8, 4) is 0 Å². The molecule has 0 amide bonds. The molecule has 21 heavy (non-hydrogen) atoms. The molecular weight excluding hydrogens is 361 g/mol. The van der Waals surface area contributed by atoms with E-state index in [2.05, 4.69) is 9.82 Å². The molecule has 2 aromatic rings. The monoisotopic (exact) mass is 369 g/mol. The van der Waals surface area contributed by atoms with Gasteiger partial charge >= 0.3 is 0 Å². The van der Waals surface area contributed by atoms with Crippen molar-refractivity contribution in [3.05, 3.63) is 35.5 Å². The Bertz CT molecular complexity index is 891. The average Bonchev–Trinajstić information content (AvgIpc) is 2.74. The Kier molecular flexibility index (Phi) is 4.20. The predicted molar refractivity (Wildman–Crippen MR) is 78.5 cm³/mol. The fourth-order valence-electron chi connectivity index (χ4n) is 1.59. The highest BCUT2D eigenvalue weighted by Gasteiger charge is 2.20. The van der Waals surface area contributed by atoms with E-state index < -0.39 is 19.1 Å². The van der Waals surface area contributed by atoms with Gasteiger partial charge in [0.25, 0.3) is 19.1 Å². The third kappa shape index (κ3) is 3.49. The lowest BCUT2D eigenvalue weighted by Gasteiger charge is -2.09. The summed E-state index contributed by atoms with van der Waals surface area (Å²) in [5.74, 6) is 0. The Balaban J connectivity index is 2.38. The van der Waals surface area contributed by atoms with Crippen LogP contribution in [0.2, 0.25) is 5.02 Å². The molecule has 0 aliphatic rings. The topological polar surface area (TPSA) is 98.1 Å². The molecule has 0 fully saturated rings. The second-order valence-corrected chi connectivity index (χ2v) is 8.55. The number of hydrogen-bond donors (Lipinski definition) is 1. The lowest BCUT2D eigenvalue weighted by Crippen LogP contribution is -2.16. The second kappa shape index (κ2) is 5.48. The van der Waals surface area contributed by atoms with E-state index in [4.69, 9.17) is 22.3 Å². The maximum absolute atomic E-state index is 12.1. The Morgan fingerprint density at radius 3 is 2.33 bits per heavy atom. The highest BCUT2D eigenvalue weighted by atomic mass is 35.7. The molecule has 1 heterocycles. The van der Waals surface area contributed by atoms with E-state index in [1.54, 1.807) is 0 Å². The van der Waals surface area contributed by atoms with Crippen molar-refractivity contribution in [2.75, 3.05) is 4.72 Å². The molecule has 0 unspecified atom stereocenters. The minimum atomic E-state index is -3.99. The zero-order chi connectivity index (χ0) is 15.8. The van der Waals surface area contributed by atoms with Crippen LogP contribution in [0.4, 0.5) is 5.69 Å². The van der Waals surface area contributed by atoms with E-state index in [0.717, 1.165) is 12.1 Å². The zero-order valence-corrected chi connectivity index (χ0v) is 13.6. The Morgan fingerprint density at radius 1 is 1.19 bits per heavy atom. The third-order valence-corrected chi connectivity index (χ3v) is 5.76. The Hall–Kier alpha value is -1.29. The van der Waals surface area contributed by atoms with Gasteiger partial charge < -0.3 is 0 Å². The van der Waals surface area contributed by atoms with Crippen molar-refractivity contribution in [2.45, 2.75) is 9.92 Å². The maximum atomic E-state index is 12.1. The van der Waals surface area contributed by atoms with Gasteiger partial charge in [-0.25, -0.2) is 8.42 Å². The lowest BCUT2D eigenvalue weighted by molar-refractivity contribution is 0.582. The summed E-state index contributed by atoms with van der Waals surface area (Å²) in [5, 5.41) is 3.53. The number of hydrogen-bond acceptors (Lipinski definition) is 5. The number of sulfonamides is 1. The SMILES string of the molecule is Cn1nccc1S(=O)(=O)Nc1ccc(S(=O)(=O)Cl)c(Cl)c1. The molecule has 0 aliphatic heterocycles. The molecule has 1 aromatic carbocycles. The van der Waals surface area contributed by atoms with Gasteiger partial charge in [0.15, 0.2) is 5.03 Å². The highest BCUT2D eigenvalue weighted by molar-refractivity contribution is 8.13. The summed E-state index contributed by atoms with van der Waals surface area (Å²) in [4.78, 5) is -0.297. The highest BCUT2D eigenvalue weighted by Crippen LogP contribution is 2.28. The molecule has 0 atom stereocenters. The first kappa shape index (κ1) is 16.1. The maximum Gasteiger partial charge on any atom is 0.279 e. The number of anilines is 1. The molecule has 114 valence electrons. The molecule has 11 heteroatoms. The Labute approximate surface area is 131 Å². The van der Waals surface area contributed by atoms with Gasteiger partial charge in [0, 0.05) is 17.7 Å². The van der Waals surface area contributed by atoms with E-state index in [0.29, 0.717) is 0 Å². The number of aryl methyl sites for hydroxylation is 1. The van der Waals surface area contributed by atoms with Crippen LogP contribution in [0.25, 0.3) is 0 Å². The third-order valence-electron chi connectivity index (χ3n) is 2.50. The number of aromatic nitrogens is 2. The summed E-state index contributed by atoms with van der Waals surface area (Å²) in [7, 11) is -1.19. The first-order valence-corrected chi connectivity index (χ1v) is 9.53. The van der Waals surface area contributed by atoms with E-state index in [1.807, 2.05) is 0 Å². The van der Waals surface area contributed by atoms with Gasteiger partial charge in [-0.05, 0) is 24.3 Å². The number of nitrogens with zero attached hydrogens (tertiary/aromatic N) is 2. The molecule has 0 spiro atoms. The van der Waals surface area contributed by atoms with Gasteiger partial charge in [-0.2, -0.15) is 13.5 Å². The molecule has 0 bridgehead atoms. The summed E-state index contributed by atoms with van der Waals surface area (Å²) < 4.78 is 50.1. The molecule has 0 saturated heterocycles. The standard InChI is InChI=1S/C10H9Cl2N3O4S2/c1-15-10(4-5-13-15)21(18,19)14-7-2-3-9(8(11)6-7)20(12,16)17/h2-6,14H,1H3. The van der Waals surface area contributed by atoms with Gasteiger partial charge in [0.1, 0.15) is 4.90 Å². The van der Waals surface area contributed by atoms with Crippen LogP contribution in [-0.4, -0.2) is 26.6 Å². The van der Waals surface area contributed by atoms with Crippen molar-refractivity contribution in [1.29, 1.82) is 0 Å².